The quantitative estimate of drug-likeness (QED) is 0.468. The first-order valence-electron chi connectivity index (χ1n) is 5.51. The van der Waals surface area contributed by atoms with Gasteiger partial charge in [-0.15, -0.1) is 0 Å². The first-order valence-corrected chi connectivity index (χ1v) is 5.51. The smallest absolute Gasteiger partial charge is 0.329 e. The zero-order valence-corrected chi connectivity index (χ0v) is 9.93. The minimum atomic E-state index is -0.576. The number of aromatic nitrogens is 1. The van der Waals surface area contributed by atoms with Crippen molar-refractivity contribution >= 4 is 5.69 Å². The fraction of sp³-hybridized carbons (Fsp3) is 0.545. The molecule has 0 unspecified atom stereocenters. The van der Waals surface area contributed by atoms with Gasteiger partial charge < -0.3 is 4.74 Å². The summed E-state index contributed by atoms with van der Waals surface area (Å²) < 4.78 is 5.23. The van der Waals surface area contributed by atoms with Crippen molar-refractivity contribution in [3.8, 4) is 5.88 Å². The van der Waals surface area contributed by atoms with Crippen LogP contribution in [0, 0.1) is 16.0 Å². The maximum Gasteiger partial charge on any atom is 0.329 e. The van der Waals surface area contributed by atoms with E-state index in [9.17, 15) is 14.9 Å². The van der Waals surface area contributed by atoms with Gasteiger partial charge in [0.2, 0.25) is 0 Å². The van der Waals surface area contributed by atoms with Crippen LogP contribution in [-0.4, -0.2) is 16.5 Å². The first-order chi connectivity index (χ1) is 8.00. The average molecular weight is 240 g/mol. The molecule has 0 aliphatic heterocycles. The molecule has 0 amide bonds. The van der Waals surface area contributed by atoms with Crippen LogP contribution in [0.25, 0.3) is 0 Å². The molecule has 0 radical (unpaired) electrons. The van der Waals surface area contributed by atoms with Crippen molar-refractivity contribution < 1.29 is 9.66 Å². The Morgan fingerprint density at radius 2 is 2.18 bits per heavy atom. The molecule has 0 aliphatic rings. The number of hydrogen-bond acceptors (Lipinski definition) is 4. The van der Waals surface area contributed by atoms with Crippen LogP contribution in [0.4, 0.5) is 5.69 Å². The number of pyridine rings is 1. The fourth-order valence-corrected chi connectivity index (χ4v) is 1.37. The van der Waals surface area contributed by atoms with Crippen LogP contribution >= 0.6 is 0 Å². The summed E-state index contributed by atoms with van der Waals surface area (Å²) >= 11 is 0. The number of hydrogen-bond donors (Lipinski definition) is 1. The lowest BCUT2D eigenvalue weighted by atomic mass is 10.1. The van der Waals surface area contributed by atoms with Crippen LogP contribution < -0.4 is 10.3 Å². The number of nitrogens with zero attached hydrogens (tertiary/aromatic N) is 1. The zero-order chi connectivity index (χ0) is 12.8. The summed E-state index contributed by atoms with van der Waals surface area (Å²) in [7, 11) is 0. The molecular weight excluding hydrogens is 224 g/mol. The summed E-state index contributed by atoms with van der Waals surface area (Å²) in [5.74, 6) is 0.495. The number of rotatable bonds is 6. The van der Waals surface area contributed by atoms with Crippen molar-refractivity contribution in [3.05, 3.63) is 32.6 Å². The SMILES string of the molecule is CC(C)CCCOc1[nH]c(=O)ccc1[N+](=O)[O-]. The van der Waals surface area contributed by atoms with E-state index in [-0.39, 0.29) is 11.6 Å². The lowest BCUT2D eigenvalue weighted by Crippen LogP contribution is -2.10. The summed E-state index contributed by atoms with van der Waals surface area (Å²) in [6.45, 7) is 4.54. The molecule has 0 aliphatic carbocycles. The highest BCUT2D eigenvalue weighted by atomic mass is 16.6. The minimum absolute atomic E-state index is 0.0637. The zero-order valence-electron chi connectivity index (χ0n) is 9.93. The van der Waals surface area contributed by atoms with Crippen molar-refractivity contribution in [2.24, 2.45) is 5.92 Å². The van der Waals surface area contributed by atoms with Gasteiger partial charge in [0.25, 0.3) is 11.4 Å². The normalized spacial score (nSPS) is 10.5. The summed E-state index contributed by atoms with van der Waals surface area (Å²) in [5, 5.41) is 10.7. The molecule has 17 heavy (non-hydrogen) atoms. The molecule has 1 rings (SSSR count). The predicted molar refractivity (Wildman–Crippen MR) is 63.3 cm³/mol. The van der Waals surface area contributed by atoms with Gasteiger partial charge in [0.1, 0.15) is 0 Å². The van der Waals surface area contributed by atoms with Gasteiger partial charge in [0, 0.05) is 12.1 Å². The van der Waals surface area contributed by atoms with Crippen molar-refractivity contribution in [3.63, 3.8) is 0 Å². The first kappa shape index (κ1) is 13.2. The minimum Gasteiger partial charge on any atom is -0.474 e. The topological polar surface area (TPSA) is 85.2 Å². The number of aromatic amines is 1. The standard InChI is InChI=1S/C11H16N2O4/c1-8(2)4-3-7-17-11-9(13(15)16)5-6-10(14)12-11/h5-6,8H,3-4,7H2,1-2H3,(H,12,14). The van der Waals surface area contributed by atoms with E-state index < -0.39 is 10.5 Å². The van der Waals surface area contributed by atoms with Gasteiger partial charge in [-0.2, -0.15) is 0 Å². The molecule has 0 spiro atoms. The summed E-state index contributed by atoms with van der Waals surface area (Å²) in [4.78, 5) is 23.5. The largest absolute Gasteiger partial charge is 0.474 e. The molecule has 0 saturated heterocycles. The van der Waals surface area contributed by atoms with Gasteiger partial charge in [0.05, 0.1) is 11.5 Å². The van der Waals surface area contributed by atoms with E-state index in [0.717, 1.165) is 25.0 Å². The van der Waals surface area contributed by atoms with Gasteiger partial charge in [-0.05, 0) is 18.8 Å². The molecule has 0 aromatic carbocycles. The molecule has 1 N–H and O–H groups in total. The van der Waals surface area contributed by atoms with Crippen molar-refractivity contribution in [2.45, 2.75) is 26.7 Å². The van der Waals surface area contributed by atoms with Crippen LogP contribution in [0.2, 0.25) is 0 Å². The molecule has 0 saturated carbocycles. The Kier molecular flexibility index (Phi) is 4.68. The second kappa shape index (κ2) is 6.03. The fourth-order valence-electron chi connectivity index (χ4n) is 1.37. The molecule has 1 heterocycles. The Morgan fingerprint density at radius 3 is 2.76 bits per heavy atom. The van der Waals surface area contributed by atoms with E-state index in [0.29, 0.717) is 12.5 Å². The summed E-state index contributed by atoms with van der Waals surface area (Å²) in [5.41, 5.74) is -0.622. The van der Waals surface area contributed by atoms with Crippen LogP contribution in [0.1, 0.15) is 26.7 Å². The molecule has 0 fully saturated rings. The van der Waals surface area contributed by atoms with E-state index >= 15 is 0 Å². The highest BCUT2D eigenvalue weighted by Gasteiger charge is 2.15. The van der Waals surface area contributed by atoms with Gasteiger partial charge in [0.15, 0.2) is 0 Å². The second-order valence-electron chi connectivity index (χ2n) is 4.18. The van der Waals surface area contributed by atoms with Gasteiger partial charge in [-0.25, -0.2) is 0 Å². The Bertz CT molecular complexity index is 439. The highest BCUT2D eigenvalue weighted by molar-refractivity contribution is 5.39. The lowest BCUT2D eigenvalue weighted by molar-refractivity contribution is -0.386. The van der Waals surface area contributed by atoms with E-state index in [1.807, 2.05) is 0 Å². The van der Waals surface area contributed by atoms with E-state index in [4.69, 9.17) is 4.74 Å². The van der Waals surface area contributed by atoms with Crippen LogP contribution in [0.3, 0.4) is 0 Å². The summed E-state index contributed by atoms with van der Waals surface area (Å²) in [6.07, 6.45) is 1.77. The molecule has 1 aromatic rings. The van der Waals surface area contributed by atoms with Crippen LogP contribution in [0.5, 0.6) is 5.88 Å². The average Bonchev–Trinajstić information content (AvgIpc) is 2.23. The number of nitrogens with one attached hydrogen (secondary N) is 1. The maximum atomic E-state index is 11.0. The van der Waals surface area contributed by atoms with Gasteiger partial charge in [-0.3, -0.25) is 19.9 Å². The van der Waals surface area contributed by atoms with Crippen LogP contribution in [0.15, 0.2) is 16.9 Å². The number of ether oxygens (including phenoxy) is 1. The number of H-pyrrole nitrogens is 1. The third-order valence-corrected chi connectivity index (χ3v) is 2.23. The third kappa shape index (κ3) is 4.26. The molecular formula is C11H16N2O4. The Labute approximate surface area is 98.8 Å². The Balaban J connectivity index is 2.66. The third-order valence-electron chi connectivity index (χ3n) is 2.23. The van der Waals surface area contributed by atoms with Crippen molar-refractivity contribution in [1.29, 1.82) is 0 Å². The summed E-state index contributed by atoms with van der Waals surface area (Å²) in [6, 6.07) is 2.26. The Hall–Kier alpha value is -1.85. The van der Waals surface area contributed by atoms with E-state index in [1.54, 1.807) is 0 Å². The molecule has 94 valence electrons. The van der Waals surface area contributed by atoms with Crippen molar-refractivity contribution in [2.75, 3.05) is 6.61 Å². The number of nitro groups is 1. The lowest BCUT2D eigenvalue weighted by Gasteiger charge is -2.07. The molecule has 6 nitrogen and oxygen atoms in total. The van der Waals surface area contributed by atoms with Crippen LogP contribution in [-0.2, 0) is 0 Å². The highest BCUT2D eigenvalue weighted by Crippen LogP contribution is 2.21. The molecule has 1 aromatic heterocycles. The molecule has 0 bridgehead atoms. The second-order valence-corrected chi connectivity index (χ2v) is 4.18. The predicted octanol–water partition coefficient (Wildman–Crippen LogP) is 2.10. The van der Waals surface area contributed by atoms with Gasteiger partial charge >= 0.3 is 5.69 Å². The van der Waals surface area contributed by atoms with E-state index in [2.05, 4.69) is 18.8 Å². The van der Waals surface area contributed by atoms with Gasteiger partial charge in [-0.1, -0.05) is 13.8 Å². The maximum absolute atomic E-state index is 11.0. The molecule has 0 atom stereocenters. The van der Waals surface area contributed by atoms with Crippen molar-refractivity contribution in [1.82, 2.24) is 4.98 Å². The Morgan fingerprint density at radius 1 is 1.47 bits per heavy atom. The molecule has 6 heteroatoms. The monoisotopic (exact) mass is 240 g/mol. The van der Waals surface area contributed by atoms with E-state index in [1.165, 1.54) is 0 Å².